The Morgan fingerprint density at radius 3 is 2.60 bits per heavy atom. The van der Waals surface area contributed by atoms with Crippen molar-refractivity contribution >= 4 is 0 Å². The van der Waals surface area contributed by atoms with Crippen LogP contribution in [0.25, 0.3) is 0 Å². The molecular formula is C13H17NO. The summed E-state index contributed by atoms with van der Waals surface area (Å²) in [4.78, 5) is 0. The first-order chi connectivity index (χ1) is 7.43. The predicted octanol–water partition coefficient (Wildman–Crippen LogP) is 2.13. The summed E-state index contributed by atoms with van der Waals surface area (Å²) in [6, 6.07) is 10.5. The van der Waals surface area contributed by atoms with E-state index in [1.54, 1.807) is 0 Å². The number of nitrogens with one attached hydrogen (secondary N) is 1. The Morgan fingerprint density at radius 1 is 1.07 bits per heavy atom. The summed E-state index contributed by atoms with van der Waals surface area (Å²) in [6.07, 6.45) is 3.41. The second-order valence-electron chi connectivity index (χ2n) is 4.57. The molecule has 1 aliphatic heterocycles. The van der Waals surface area contributed by atoms with Gasteiger partial charge in [-0.25, -0.2) is 0 Å². The van der Waals surface area contributed by atoms with Crippen LogP contribution in [0, 0.1) is 5.92 Å². The minimum Gasteiger partial charge on any atom is -0.367 e. The molecule has 2 fully saturated rings. The Hall–Kier alpha value is -0.860. The van der Waals surface area contributed by atoms with Gasteiger partial charge in [-0.2, -0.15) is 0 Å². The fourth-order valence-electron chi connectivity index (χ4n) is 2.27. The lowest BCUT2D eigenvalue weighted by atomic mass is 10.1. The zero-order valence-electron chi connectivity index (χ0n) is 8.86. The van der Waals surface area contributed by atoms with Gasteiger partial charge in [-0.3, -0.25) is 0 Å². The van der Waals surface area contributed by atoms with Crippen LogP contribution in [-0.2, 0) is 4.74 Å². The minimum absolute atomic E-state index is 0.255. The van der Waals surface area contributed by atoms with Crippen LogP contribution in [0.3, 0.4) is 0 Å². The van der Waals surface area contributed by atoms with Gasteiger partial charge in [0.1, 0.15) is 0 Å². The van der Waals surface area contributed by atoms with Gasteiger partial charge in [0.25, 0.3) is 0 Å². The molecule has 1 aromatic rings. The monoisotopic (exact) mass is 203 g/mol. The molecule has 0 amide bonds. The van der Waals surface area contributed by atoms with Gasteiger partial charge < -0.3 is 10.1 Å². The van der Waals surface area contributed by atoms with Crippen LogP contribution in [0.15, 0.2) is 30.3 Å². The van der Waals surface area contributed by atoms with E-state index >= 15 is 0 Å². The Balaban J connectivity index is 1.70. The third-order valence-electron chi connectivity index (χ3n) is 3.33. The largest absolute Gasteiger partial charge is 0.367 e. The average Bonchev–Trinajstić information content (AvgIpc) is 3.14. The van der Waals surface area contributed by atoms with E-state index in [0.717, 1.165) is 19.0 Å². The Morgan fingerprint density at radius 2 is 1.87 bits per heavy atom. The van der Waals surface area contributed by atoms with E-state index in [0.29, 0.717) is 6.10 Å². The molecular weight excluding hydrogens is 186 g/mol. The van der Waals surface area contributed by atoms with Crippen LogP contribution in [0.2, 0.25) is 0 Å². The third kappa shape index (κ3) is 2.06. The summed E-state index contributed by atoms with van der Waals surface area (Å²) in [7, 11) is 0. The number of ether oxygens (including phenoxy) is 1. The predicted molar refractivity (Wildman–Crippen MR) is 59.6 cm³/mol. The van der Waals surface area contributed by atoms with Crippen molar-refractivity contribution in [2.75, 3.05) is 13.1 Å². The van der Waals surface area contributed by atoms with Crippen LogP contribution in [-0.4, -0.2) is 19.2 Å². The molecule has 1 N–H and O–H groups in total. The number of hydrogen-bond acceptors (Lipinski definition) is 2. The van der Waals surface area contributed by atoms with Crippen molar-refractivity contribution in [3.05, 3.63) is 35.9 Å². The third-order valence-corrected chi connectivity index (χ3v) is 3.33. The molecule has 3 rings (SSSR count). The van der Waals surface area contributed by atoms with Crippen molar-refractivity contribution in [2.24, 2.45) is 5.92 Å². The van der Waals surface area contributed by atoms with Crippen molar-refractivity contribution in [2.45, 2.75) is 25.0 Å². The molecule has 2 unspecified atom stereocenters. The molecule has 0 spiro atoms. The van der Waals surface area contributed by atoms with E-state index in [1.165, 1.54) is 18.4 Å². The molecule has 0 aromatic heterocycles. The topological polar surface area (TPSA) is 21.3 Å². The average molecular weight is 203 g/mol. The fourth-order valence-corrected chi connectivity index (χ4v) is 2.27. The number of rotatable bonds is 2. The van der Waals surface area contributed by atoms with Crippen molar-refractivity contribution in [1.29, 1.82) is 0 Å². The maximum absolute atomic E-state index is 6.13. The van der Waals surface area contributed by atoms with Crippen LogP contribution in [0.4, 0.5) is 0 Å². The molecule has 1 heterocycles. The van der Waals surface area contributed by atoms with Gasteiger partial charge in [0.15, 0.2) is 0 Å². The summed E-state index contributed by atoms with van der Waals surface area (Å²) in [5.41, 5.74) is 1.30. The number of hydrogen-bond donors (Lipinski definition) is 1. The molecule has 2 heteroatoms. The molecule has 0 bridgehead atoms. The molecule has 2 nitrogen and oxygen atoms in total. The Bertz CT molecular complexity index is 321. The Labute approximate surface area is 90.6 Å². The summed E-state index contributed by atoms with van der Waals surface area (Å²) in [5.74, 6) is 0.823. The summed E-state index contributed by atoms with van der Waals surface area (Å²) >= 11 is 0. The first-order valence-electron chi connectivity index (χ1n) is 5.84. The zero-order chi connectivity index (χ0) is 10.1. The first kappa shape index (κ1) is 9.37. The van der Waals surface area contributed by atoms with E-state index in [2.05, 4.69) is 35.6 Å². The number of morpholine rings is 1. The molecule has 1 saturated heterocycles. The van der Waals surface area contributed by atoms with Crippen LogP contribution < -0.4 is 5.32 Å². The lowest BCUT2D eigenvalue weighted by molar-refractivity contribution is -0.0493. The van der Waals surface area contributed by atoms with E-state index in [1.807, 2.05) is 0 Å². The number of benzene rings is 1. The highest BCUT2D eigenvalue weighted by molar-refractivity contribution is 5.18. The lowest BCUT2D eigenvalue weighted by Gasteiger charge is -2.31. The highest BCUT2D eigenvalue weighted by Gasteiger charge is 2.35. The normalized spacial score (nSPS) is 31.5. The van der Waals surface area contributed by atoms with Gasteiger partial charge in [0.05, 0.1) is 12.2 Å². The van der Waals surface area contributed by atoms with Gasteiger partial charge in [0, 0.05) is 13.1 Å². The smallest absolute Gasteiger partial charge is 0.0953 e. The van der Waals surface area contributed by atoms with Gasteiger partial charge >= 0.3 is 0 Å². The van der Waals surface area contributed by atoms with E-state index in [9.17, 15) is 0 Å². The fraction of sp³-hybridized carbons (Fsp3) is 0.538. The molecule has 1 saturated carbocycles. The maximum atomic E-state index is 6.13. The second kappa shape index (κ2) is 3.95. The van der Waals surface area contributed by atoms with Crippen LogP contribution in [0.5, 0.6) is 0 Å². The second-order valence-corrected chi connectivity index (χ2v) is 4.57. The van der Waals surface area contributed by atoms with E-state index in [4.69, 9.17) is 4.74 Å². The molecule has 2 aliphatic rings. The van der Waals surface area contributed by atoms with E-state index < -0.39 is 0 Å². The SMILES string of the molecule is c1ccc(C2CNCC(C3CC3)O2)cc1. The zero-order valence-corrected chi connectivity index (χ0v) is 8.86. The summed E-state index contributed by atoms with van der Waals surface area (Å²) in [5, 5.41) is 3.48. The standard InChI is InChI=1S/C13H17NO/c1-2-4-10(5-3-1)12-8-14-9-13(15-12)11-6-7-11/h1-5,11-14H,6-9H2. The minimum atomic E-state index is 0.255. The van der Waals surface area contributed by atoms with Crippen molar-refractivity contribution in [3.63, 3.8) is 0 Å². The van der Waals surface area contributed by atoms with Crippen LogP contribution >= 0.6 is 0 Å². The summed E-state index contributed by atoms with van der Waals surface area (Å²) < 4.78 is 6.13. The van der Waals surface area contributed by atoms with Crippen molar-refractivity contribution in [1.82, 2.24) is 5.32 Å². The van der Waals surface area contributed by atoms with Crippen LogP contribution in [0.1, 0.15) is 24.5 Å². The molecule has 0 radical (unpaired) electrons. The molecule has 15 heavy (non-hydrogen) atoms. The summed E-state index contributed by atoms with van der Waals surface area (Å²) in [6.45, 7) is 1.99. The highest BCUT2D eigenvalue weighted by atomic mass is 16.5. The van der Waals surface area contributed by atoms with Gasteiger partial charge in [0.2, 0.25) is 0 Å². The Kier molecular flexibility index (Phi) is 2.47. The molecule has 2 atom stereocenters. The van der Waals surface area contributed by atoms with E-state index in [-0.39, 0.29) is 6.10 Å². The lowest BCUT2D eigenvalue weighted by Crippen LogP contribution is -2.41. The van der Waals surface area contributed by atoms with Crippen molar-refractivity contribution < 1.29 is 4.74 Å². The molecule has 1 aliphatic carbocycles. The van der Waals surface area contributed by atoms with Gasteiger partial charge in [-0.1, -0.05) is 30.3 Å². The highest BCUT2D eigenvalue weighted by Crippen LogP contribution is 2.37. The van der Waals surface area contributed by atoms with Gasteiger partial charge in [-0.05, 0) is 24.3 Å². The maximum Gasteiger partial charge on any atom is 0.0953 e. The first-order valence-corrected chi connectivity index (χ1v) is 5.84. The molecule has 80 valence electrons. The quantitative estimate of drug-likeness (QED) is 0.795. The van der Waals surface area contributed by atoms with Crippen molar-refractivity contribution in [3.8, 4) is 0 Å². The molecule has 1 aromatic carbocycles. The van der Waals surface area contributed by atoms with Gasteiger partial charge in [-0.15, -0.1) is 0 Å².